The number of rotatable bonds is 10. The Hall–Kier alpha value is -1.89. The van der Waals surface area contributed by atoms with Gasteiger partial charge in [0.2, 0.25) is 0 Å². The lowest BCUT2D eigenvalue weighted by molar-refractivity contribution is -0.119. The van der Waals surface area contributed by atoms with Crippen LogP contribution in [0.15, 0.2) is 48.5 Å². The number of hydrogen-bond acceptors (Lipinski definition) is 1. The van der Waals surface area contributed by atoms with Crippen molar-refractivity contribution in [2.24, 2.45) is 11.8 Å². The van der Waals surface area contributed by atoms with Gasteiger partial charge in [-0.15, -0.1) is 0 Å². The van der Waals surface area contributed by atoms with Gasteiger partial charge in [-0.1, -0.05) is 76.2 Å². The van der Waals surface area contributed by atoms with Crippen molar-refractivity contribution in [2.75, 3.05) is 0 Å². The van der Waals surface area contributed by atoms with Crippen LogP contribution in [0.5, 0.6) is 0 Å². The van der Waals surface area contributed by atoms with Gasteiger partial charge >= 0.3 is 0 Å². The average molecular weight is 351 g/mol. The molecule has 2 aromatic rings. The van der Waals surface area contributed by atoms with Crippen molar-refractivity contribution in [3.8, 4) is 0 Å². The van der Waals surface area contributed by atoms with Crippen molar-refractivity contribution < 1.29 is 4.79 Å². The van der Waals surface area contributed by atoms with E-state index in [0.29, 0.717) is 30.5 Å². The highest BCUT2D eigenvalue weighted by Gasteiger charge is 2.05. The molecule has 0 aliphatic heterocycles. The van der Waals surface area contributed by atoms with E-state index in [1.54, 1.807) is 0 Å². The molecule has 0 saturated carbocycles. The molecule has 0 aliphatic carbocycles. The van der Waals surface area contributed by atoms with E-state index >= 15 is 0 Å². The molecule has 0 radical (unpaired) electrons. The molecule has 2 rings (SSSR count). The van der Waals surface area contributed by atoms with E-state index < -0.39 is 0 Å². The predicted molar refractivity (Wildman–Crippen MR) is 112 cm³/mol. The van der Waals surface area contributed by atoms with Crippen molar-refractivity contribution in [1.29, 1.82) is 0 Å². The van der Waals surface area contributed by atoms with Crippen LogP contribution in [0, 0.1) is 11.8 Å². The molecule has 0 bridgehead atoms. The number of benzene rings is 2. The third-order valence-electron chi connectivity index (χ3n) is 4.72. The maximum absolute atomic E-state index is 12.2. The van der Waals surface area contributed by atoms with Gasteiger partial charge in [0, 0.05) is 12.8 Å². The second-order valence-corrected chi connectivity index (χ2v) is 8.37. The molecule has 0 aromatic heterocycles. The van der Waals surface area contributed by atoms with Crippen molar-refractivity contribution in [3.05, 3.63) is 70.8 Å². The molecular weight excluding hydrogens is 316 g/mol. The first-order valence-electron chi connectivity index (χ1n) is 10.1. The third kappa shape index (κ3) is 7.56. The maximum Gasteiger partial charge on any atom is 0.133 e. The lowest BCUT2D eigenvalue weighted by Gasteiger charge is -2.07. The lowest BCUT2D eigenvalue weighted by atomic mass is 9.98. The molecular formula is C25H34O. The topological polar surface area (TPSA) is 17.1 Å². The van der Waals surface area contributed by atoms with E-state index in [0.717, 1.165) is 25.7 Å². The van der Waals surface area contributed by atoms with Crippen LogP contribution in [0.25, 0.3) is 0 Å². The van der Waals surface area contributed by atoms with Crippen LogP contribution in [-0.4, -0.2) is 5.78 Å². The number of Topliss-reactive ketones (excluding diaryl/α,β-unsaturated/α-hetero) is 1. The summed E-state index contributed by atoms with van der Waals surface area (Å²) in [4.78, 5) is 12.2. The summed E-state index contributed by atoms with van der Waals surface area (Å²) in [5.41, 5.74) is 5.31. The smallest absolute Gasteiger partial charge is 0.133 e. The van der Waals surface area contributed by atoms with Gasteiger partial charge in [-0.3, -0.25) is 4.79 Å². The number of hydrogen-bond donors (Lipinski definition) is 0. The van der Waals surface area contributed by atoms with Crippen molar-refractivity contribution in [1.82, 2.24) is 0 Å². The molecule has 0 aliphatic rings. The Morgan fingerprint density at radius 2 is 0.923 bits per heavy atom. The van der Waals surface area contributed by atoms with Crippen molar-refractivity contribution in [2.45, 2.75) is 66.2 Å². The van der Waals surface area contributed by atoms with Gasteiger partial charge in [-0.2, -0.15) is 0 Å². The van der Waals surface area contributed by atoms with Gasteiger partial charge in [0.1, 0.15) is 5.78 Å². The maximum atomic E-state index is 12.2. The molecule has 0 N–H and O–H groups in total. The summed E-state index contributed by atoms with van der Waals surface area (Å²) in [6.07, 6.45) is 5.25. The highest BCUT2D eigenvalue weighted by Crippen LogP contribution is 2.14. The van der Waals surface area contributed by atoms with E-state index in [-0.39, 0.29) is 0 Å². The molecule has 0 heterocycles. The fraction of sp³-hybridized carbons (Fsp3) is 0.480. The summed E-state index contributed by atoms with van der Waals surface area (Å²) in [6, 6.07) is 17.5. The van der Waals surface area contributed by atoms with Crippen LogP contribution in [0.4, 0.5) is 0 Å². The Labute approximate surface area is 159 Å². The van der Waals surface area contributed by atoms with Crippen molar-refractivity contribution >= 4 is 5.78 Å². The Kier molecular flexibility index (Phi) is 8.09. The molecule has 140 valence electrons. The molecule has 1 heteroatoms. The summed E-state index contributed by atoms with van der Waals surface area (Å²) in [6.45, 7) is 8.96. The molecule has 0 saturated heterocycles. The van der Waals surface area contributed by atoms with Crippen LogP contribution in [0.1, 0.15) is 62.8 Å². The summed E-state index contributed by atoms with van der Waals surface area (Å²) in [5, 5.41) is 0. The summed E-state index contributed by atoms with van der Waals surface area (Å²) < 4.78 is 0. The second kappa shape index (κ2) is 10.3. The predicted octanol–water partition coefficient (Wildman–Crippen LogP) is 6.22. The van der Waals surface area contributed by atoms with E-state index in [9.17, 15) is 4.79 Å². The van der Waals surface area contributed by atoms with Crippen LogP contribution in [-0.2, 0) is 30.5 Å². The van der Waals surface area contributed by atoms with E-state index in [4.69, 9.17) is 0 Å². The zero-order valence-corrected chi connectivity index (χ0v) is 16.9. The number of carbonyl (C=O) groups excluding carboxylic acids is 1. The molecule has 1 nitrogen and oxygen atoms in total. The van der Waals surface area contributed by atoms with Crippen LogP contribution in [0.3, 0.4) is 0 Å². The number of ketones is 1. The molecule has 0 fully saturated rings. The van der Waals surface area contributed by atoms with E-state index in [1.807, 2.05) is 0 Å². The second-order valence-electron chi connectivity index (χ2n) is 8.37. The zero-order valence-electron chi connectivity index (χ0n) is 16.9. The largest absolute Gasteiger partial charge is 0.300 e. The normalized spacial score (nSPS) is 11.3. The summed E-state index contributed by atoms with van der Waals surface area (Å²) in [7, 11) is 0. The summed E-state index contributed by atoms with van der Waals surface area (Å²) in [5.74, 6) is 1.73. The molecule has 0 atom stereocenters. The van der Waals surface area contributed by atoms with Gasteiger partial charge in [0.15, 0.2) is 0 Å². The molecule has 0 unspecified atom stereocenters. The van der Waals surface area contributed by atoms with E-state index in [1.165, 1.54) is 22.3 Å². The van der Waals surface area contributed by atoms with Crippen LogP contribution in [0.2, 0.25) is 0 Å². The van der Waals surface area contributed by atoms with Gasteiger partial charge in [0.25, 0.3) is 0 Å². The average Bonchev–Trinajstić information content (AvgIpc) is 2.59. The summed E-state index contributed by atoms with van der Waals surface area (Å²) >= 11 is 0. The van der Waals surface area contributed by atoms with Gasteiger partial charge < -0.3 is 0 Å². The fourth-order valence-corrected chi connectivity index (χ4v) is 3.32. The first kappa shape index (κ1) is 20.4. The lowest BCUT2D eigenvalue weighted by Crippen LogP contribution is -2.03. The van der Waals surface area contributed by atoms with E-state index in [2.05, 4.69) is 76.2 Å². The highest BCUT2D eigenvalue weighted by atomic mass is 16.1. The first-order valence-corrected chi connectivity index (χ1v) is 10.1. The molecule has 0 amide bonds. The Morgan fingerprint density at radius 3 is 1.23 bits per heavy atom. The first-order chi connectivity index (χ1) is 12.4. The Balaban J connectivity index is 1.73. The van der Waals surface area contributed by atoms with Gasteiger partial charge in [-0.25, -0.2) is 0 Å². The zero-order chi connectivity index (χ0) is 18.9. The van der Waals surface area contributed by atoms with Gasteiger partial charge in [0.05, 0.1) is 0 Å². The monoisotopic (exact) mass is 350 g/mol. The van der Waals surface area contributed by atoms with Gasteiger partial charge in [-0.05, 0) is 59.8 Å². The minimum atomic E-state index is 0.363. The Bertz CT molecular complexity index is 603. The molecule has 26 heavy (non-hydrogen) atoms. The minimum absolute atomic E-state index is 0.363. The van der Waals surface area contributed by atoms with Crippen molar-refractivity contribution in [3.63, 3.8) is 0 Å². The third-order valence-corrected chi connectivity index (χ3v) is 4.72. The number of aryl methyl sites for hydroxylation is 2. The van der Waals surface area contributed by atoms with Crippen LogP contribution < -0.4 is 0 Å². The number of carbonyl (C=O) groups is 1. The molecule has 2 aromatic carbocycles. The highest BCUT2D eigenvalue weighted by molar-refractivity contribution is 5.78. The van der Waals surface area contributed by atoms with Crippen LogP contribution >= 0.6 is 0 Å². The minimum Gasteiger partial charge on any atom is -0.300 e. The SMILES string of the molecule is CC(C)Cc1ccc(CCC(=O)CCc2ccc(CC(C)C)cc2)cc1. The quantitative estimate of drug-likeness (QED) is 0.497. The fourth-order valence-electron chi connectivity index (χ4n) is 3.32. The standard InChI is InChI=1S/C25H34O/c1-19(2)17-23-9-5-21(6-10-23)13-15-25(26)16-14-22-7-11-24(12-8-22)18-20(3)4/h5-12,19-20H,13-18H2,1-4H3. The Morgan fingerprint density at radius 1 is 0.615 bits per heavy atom. The molecule has 0 spiro atoms.